The number of rotatable bonds is 5. The highest BCUT2D eigenvalue weighted by atomic mass is 15.3. The fourth-order valence-corrected chi connectivity index (χ4v) is 2.91. The minimum Gasteiger partial charge on any atom is -0.364 e. The van der Waals surface area contributed by atoms with Gasteiger partial charge in [-0.25, -0.2) is 15.8 Å². The van der Waals surface area contributed by atoms with E-state index in [0.29, 0.717) is 11.9 Å². The number of nitrogens with two attached hydrogens (primary N) is 1. The number of nitrogen functional groups attached to an aromatic ring is 1. The summed E-state index contributed by atoms with van der Waals surface area (Å²) in [5.74, 6) is 6.91. The van der Waals surface area contributed by atoms with Crippen LogP contribution < -0.4 is 16.6 Å². The van der Waals surface area contributed by atoms with Crippen molar-refractivity contribution < 1.29 is 0 Å². The summed E-state index contributed by atoms with van der Waals surface area (Å²) in [4.78, 5) is 11.4. The first-order valence-electron chi connectivity index (χ1n) is 7.59. The summed E-state index contributed by atoms with van der Waals surface area (Å²) in [5.41, 5.74) is 3.44. The number of piperidine rings is 1. The summed E-state index contributed by atoms with van der Waals surface area (Å²) in [6.07, 6.45) is 8.98. The van der Waals surface area contributed by atoms with Gasteiger partial charge in [0.25, 0.3) is 0 Å². The van der Waals surface area contributed by atoms with Gasteiger partial charge in [0.1, 0.15) is 0 Å². The number of aromatic nitrogens is 3. The van der Waals surface area contributed by atoms with Crippen molar-refractivity contribution in [3.05, 3.63) is 18.6 Å². The largest absolute Gasteiger partial charge is 0.364 e. The van der Waals surface area contributed by atoms with Crippen LogP contribution in [0.25, 0.3) is 5.65 Å². The maximum Gasteiger partial charge on any atom is 0.180 e. The normalized spacial score (nSPS) is 17.2. The standard InChI is InChI=1S/C14H23N7/c1-2-6-20-7-3-11(4-8-20)17-13-14-16-5-9-21(14)10-12(18-13)19-15/h5,9-11,19H,2-4,6-8,15H2,1H3,(H,17,18). The van der Waals surface area contributed by atoms with Crippen LogP contribution >= 0.6 is 0 Å². The van der Waals surface area contributed by atoms with E-state index in [0.717, 1.165) is 37.4 Å². The van der Waals surface area contributed by atoms with Crippen molar-refractivity contribution in [3.63, 3.8) is 0 Å². The molecule has 2 aromatic heterocycles. The van der Waals surface area contributed by atoms with E-state index in [2.05, 4.69) is 32.5 Å². The van der Waals surface area contributed by atoms with Gasteiger partial charge in [-0.1, -0.05) is 6.92 Å². The second kappa shape index (κ2) is 6.28. The van der Waals surface area contributed by atoms with Crippen LogP contribution in [0.4, 0.5) is 11.6 Å². The highest BCUT2D eigenvalue weighted by Crippen LogP contribution is 2.20. The lowest BCUT2D eigenvalue weighted by atomic mass is 10.0. The summed E-state index contributed by atoms with van der Waals surface area (Å²) < 4.78 is 1.93. The summed E-state index contributed by atoms with van der Waals surface area (Å²) in [6.45, 7) is 5.72. The molecule has 0 bridgehead atoms. The zero-order chi connectivity index (χ0) is 14.7. The Morgan fingerprint density at radius 3 is 2.90 bits per heavy atom. The smallest absolute Gasteiger partial charge is 0.180 e. The first-order chi connectivity index (χ1) is 10.3. The van der Waals surface area contributed by atoms with Crippen molar-refractivity contribution in [2.45, 2.75) is 32.2 Å². The number of fused-ring (bicyclic) bond motifs is 1. The number of hydrogen-bond donors (Lipinski definition) is 3. The van der Waals surface area contributed by atoms with E-state index < -0.39 is 0 Å². The van der Waals surface area contributed by atoms with Gasteiger partial charge in [0.05, 0.1) is 6.20 Å². The number of nitrogens with zero attached hydrogens (tertiary/aromatic N) is 4. The first-order valence-corrected chi connectivity index (χ1v) is 7.59. The van der Waals surface area contributed by atoms with Gasteiger partial charge in [-0.2, -0.15) is 0 Å². The van der Waals surface area contributed by atoms with Crippen molar-refractivity contribution in [3.8, 4) is 0 Å². The second-order valence-corrected chi connectivity index (χ2v) is 5.54. The Morgan fingerprint density at radius 1 is 1.38 bits per heavy atom. The average molecular weight is 289 g/mol. The fourth-order valence-electron chi connectivity index (χ4n) is 2.91. The molecule has 4 N–H and O–H groups in total. The van der Waals surface area contributed by atoms with E-state index in [1.807, 2.05) is 16.8 Å². The van der Waals surface area contributed by atoms with Crippen LogP contribution in [-0.2, 0) is 0 Å². The quantitative estimate of drug-likeness (QED) is 0.568. The van der Waals surface area contributed by atoms with E-state index >= 15 is 0 Å². The zero-order valence-corrected chi connectivity index (χ0v) is 12.4. The van der Waals surface area contributed by atoms with Crippen LogP contribution in [0, 0.1) is 0 Å². The van der Waals surface area contributed by atoms with Gasteiger partial charge >= 0.3 is 0 Å². The third-order valence-corrected chi connectivity index (χ3v) is 3.99. The molecule has 114 valence electrons. The van der Waals surface area contributed by atoms with Gasteiger partial charge < -0.3 is 20.0 Å². The molecule has 0 saturated carbocycles. The average Bonchev–Trinajstić information content (AvgIpc) is 2.98. The molecule has 0 amide bonds. The van der Waals surface area contributed by atoms with E-state index in [1.54, 1.807) is 6.20 Å². The van der Waals surface area contributed by atoms with Crippen LogP contribution in [0.15, 0.2) is 18.6 Å². The van der Waals surface area contributed by atoms with Crippen LogP contribution in [0.3, 0.4) is 0 Å². The van der Waals surface area contributed by atoms with Gasteiger partial charge in [-0.3, -0.25) is 0 Å². The Balaban J connectivity index is 1.72. The summed E-state index contributed by atoms with van der Waals surface area (Å²) in [6, 6.07) is 0.444. The molecule has 21 heavy (non-hydrogen) atoms. The maximum atomic E-state index is 5.48. The van der Waals surface area contributed by atoms with Crippen molar-refractivity contribution in [2.24, 2.45) is 5.84 Å². The molecule has 1 fully saturated rings. The van der Waals surface area contributed by atoms with Gasteiger partial charge in [0.2, 0.25) is 0 Å². The lowest BCUT2D eigenvalue weighted by Crippen LogP contribution is -2.39. The highest BCUT2D eigenvalue weighted by Gasteiger charge is 2.20. The van der Waals surface area contributed by atoms with Crippen LogP contribution in [0.2, 0.25) is 0 Å². The topological polar surface area (TPSA) is 83.5 Å². The fraction of sp³-hybridized carbons (Fsp3) is 0.571. The molecule has 0 unspecified atom stereocenters. The molecule has 0 aliphatic carbocycles. The number of anilines is 2. The first kappa shape index (κ1) is 14.1. The van der Waals surface area contributed by atoms with Crippen LogP contribution in [-0.4, -0.2) is 44.9 Å². The molecule has 0 aromatic carbocycles. The number of likely N-dealkylation sites (tertiary alicyclic amines) is 1. The van der Waals surface area contributed by atoms with Crippen molar-refractivity contribution in [2.75, 3.05) is 30.4 Å². The molecule has 1 saturated heterocycles. The van der Waals surface area contributed by atoms with E-state index in [4.69, 9.17) is 5.84 Å². The Morgan fingerprint density at radius 2 is 2.19 bits per heavy atom. The third kappa shape index (κ3) is 3.08. The Bertz CT molecular complexity index is 586. The van der Waals surface area contributed by atoms with Crippen LogP contribution in [0.5, 0.6) is 0 Å². The molecule has 1 aliphatic rings. The van der Waals surface area contributed by atoms with E-state index in [9.17, 15) is 0 Å². The SMILES string of the molecule is CCCN1CCC(Nc2nc(NN)cn3ccnc23)CC1. The van der Waals surface area contributed by atoms with Gasteiger partial charge in [0.15, 0.2) is 17.3 Å². The predicted molar refractivity (Wildman–Crippen MR) is 84.2 cm³/mol. The van der Waals surface area contributed by atoms with Crippen molar-refractivity contribution in [1.29, 1.82) is 0 Å². The van der Waals surface area contributed by atoms with Gasteiger partial charge in [0, 0.05) is 31.5 Å². The number of hydrazine groups is 1. The monoisotopic (exact) mass is 289 g/mol. The minimum absolute atomic E-state index is 0.444. The molecule has 0 atom stereocenters. The molecule has 7 heteroatoms. The summed E-state index contributed by atoms with van der Waals surface area (Å²) in [7, 11) is 0. The third-order valence-electron chi connectivity index (χ3n) is 3.99. The van der Waals surface area contributed by atoms with Gasteiger partial charge in [-0.05, 0) is 25.8 Å². The minimum atomic E-state index is 0.444. The molecule has 2 aromatic rings. The second-order valence-electron chi connectivity index (χ2n) is 5.54. The molecular weight excluding hydrogens is 266 g/mol. The van der Waals surface area contributed by atoms with Crippen molar-refractivity contribution in [1.82, 2.24) is 19.3 Å². The van der Waals surface area contributed by atoms with E-state index in [-0.39, 0.29) is 0 Å². The number of imidazole rings is 1. The summed E-state index contributed by atoms with van der Waals surface area (Å²) >= 11 is 0. The zero-order valence-electron chi connectivity index (χ0n) is 12.4. The molecular formula is C14H23N7. The van der Waals surface area contributed by atoms with Crippen molar-refractivity contribution >= 4 is 17.3 Å². The molecule has 7 nitrogen and oxygen atoms in total. The lowest BCUT2D eigenvalue weighted by Gasteiger charge is -2.32. The molecule has 0 radical (unpaired) electrons. The molecule has 0 spiro atoms. The Labute approximate surface area is 124 Å². The maximum absolute atomic E-state index is 5.48. The number of nitrogens with one attached hydrogen (secondary N) is 2. The van der Waals surface area contributed by atoms with E-state index in [1.165, 1.54) is 13.0 Å². The van der Waals surface area contributed by atoms with Crippen LogP contribution in [0.1, 0.15) is 26.2 Å². The highest BCUT2D eigenvalue weighted by molar-refractivity contribution is 5.65. The molecule has 3 heterocycles. The predicted octanol–water partition coefficient (Wildman–Crippen LogP) is 1.30. The number of hydrogen-bond acceptors (Lipinski definition) is 6. The molecule has 3 rings (SSSR count). The van der Waals surface area contributed by atoms with Gasteiger partial charge in [-0.15, -0.1) is 0 Å². The summed E-state index contributed by atoms with van der Waals surface area (Å²) in [5, 5.41) is 3.53. The lowest BCUT2D eigenvalue weighted by molar-refractivity contribution is 0.219. The Kier molecular flexibility index (Phi) is 4.21. The molecule has 1 aliphatic heterocycles. The Hall–Kier alpha value is -1.86.